The normalized spacial score (nSPS) is 17.5. The number of hydrogen-bond acceptors (Lipinski definition) is 3. The maximum absolute atomic E-state index is 12.4. The van der Waals surface area contributed by atoms with Gasteiger partial charge in [0, 0.05) is 36.2 Å². The van der Waals surface area contributed by atoms with E-state index in [0.717, 1.165) is 24.9 Å². The number of urea groups is 1. The number of carbonyl (C=O) groups is 1. The molecule has 0 spiro atoms. The molecule has 1 saturated heterocycles. The van der Waals surface area contributed by atoms with Crippen molar-refractivity contribution in [2.75, 3.05) is 18.4 Å². The summed E-state index contributed by atoms with van der Waals surface area (Å²) in [5, 5.41) is 3.48. The number of likely N-dealkylation sites (tertiary alicyclic amines) is 1. The Kier molecular flexibility index (Phi) is 5.67. The molecule has 1 unspecified atom stereocenters. The first-order chi connectivity index (χ1) is 11.7. The molecule has 1 aromatic carbocycles. The maximum atomic E-state index is 12.4. The minimum atomic E-state index is -0.119. The van der Waals surface area contributed by atoms with Gasteiger partial charge in [-0.05, 0) is 42.7 Å². The molecule has 2 amide bonds. The van der Waals surface area contributed by atoms with Crippen LogP contribution in [0.1, 0.15) is 18.4 Å². The summed E-state index contributed by atoms with van der Waals surface area (Å²) in [5.74, 6) is 0. The number of rotatable bonds is 4. The Labute approximate surface area is 146 Å². The number of pyridine rings is 1. The molecule has 1 aromatic heterocycles. The lowest BCUT2D eigenvalue weighted by Crippen LogP contribution is -2.45. The highest BCUT2D eigenvalue weighted by Gasteiger charge is 2.24. The smallest absolute Gasteiger partial charge is 0.321 e. The number of piperidine rings is 1. The maximum Gasteiger partial charge on any atom is 0.321 e. The largest absolute Gasteiger partial charge is 0.372 e. The highest BCUT2D eigenvalue weighted by molar-refractivity contribution is 6.30. The number of hydrogen-bond donors (Lipinski definition) is 1. The lowest BCUT2D eigenvalue weighted by molar-refractivity contribution is 0.000916. The zero-order chi connectivity index (χ0) is 16.8. The average Bonchev–Trinajstić information content (AvgIpc) is 2.61. The zero-order valence-electron chi connectivity index (χ0n) is 13.3. The molecule has 6 heteroatoms. The quantitative estimate of drug-likeness (QED) is 0.912. The molecular weight excluding hydrogens is 326 g/mol. The van der Waals surface area contributed by atoms with Crippen LogP contribution in [0.3, 0.4) is 0 Å². The molecule has 1 aliphatic heterocycles. The molecule has 0 saturated carbocycles. The van der Waals surface area contributed by atoms with Crippen LogP contribution in [-0.2, 0) is 11.3 Å². The zero-order valence-corrected chi connectivity index (χ0v) is 14.1. The third kappa shape index (κ3) is 4.69. The van der Waals surface area contributed by atoms with Crippen LogP contribution in [0, 0.1) is 0 Å². The van der Waals surface area contributed by atoms with E-state index in [1.54, 1.807) is 29.4 Å². The fraction of sp³-hybridized carbons (Fsp3) is 0.333. The van der Waals surface area contributed by atoms with Gasteiger partial charge in [-0.25, -0.2) is 4.79 Å². The summed E-state index contributed by atoms with van der Waals surface area (Å²) in [4.78, 5) is 18.3. The first-order valence-corrected chi connectivity index (χ1v) is 8.40. The molecule has 1 atom stereocenters. The third-order valence-corrected chi connectivity index (χ3v) is 4.18. The number of nitrogens with zero attached hydrogens (tertiary/aromatic N) is 2. The van der Waals surface area contributed by atoms with Gasteiger partial charge in [-0.1, -0.05) is 23.7 Å². The Balaban J connectivity index is 1.52. The van der Waals surface area contributed by atoms with E-state index in [1.165, 1.54) is 0 Å². The van der Waals surface area contributed by atoms with E-state index in [-0.39, 0.29) is 12.1 Å². The van der Waals surface area contributed by atoms with E-state index in [9.17, 15) is 4.79 Å². The summed E-state index contributed by atoms with van der Waals surface area (Å²) < 4.78 is 5.94. The Morgan fingerprint density at radius 1 is 1.38 bits per heavy atom. The van der Waals surface area contributed by atoms with Crippen molar-refractivity contribution in [2.45, 2.75) is 25.6 Å². The van der Waals surface area contributed by atoms with Gasteiger partial charge in [0.15, 0.2) is 0 Å². The van der Waals surface area contributed by atoms with Crippen LogP contribution in [0.5, 0.6) is 0 Å². The first kappa shape index (κ1) is 16.7. The van der Waals surface area contributed by atoms with Gasteiger partial charge in [0.05, 0.1) is 12.7 Å². The van der Waals surface area contributed by atoms with Crippen LogP contribution in [-0.4, -0.2) is 35.1 Å². The van der Waals surface area contributed by atoms with Crippen molar-refractivity contribution in [2.24, 2.45) is 0 Å². The van der Waals surface area contributed by atoms with E-state index in [4.69, 9.17) is 16.3 Å². The Morgan fingerprint density at radius 2 is 2.29 bits per heavy atom. The summed E-state index contributed by atoms with van der Waals surface area (Å²) in [7, 11) is 0. The van der Waals surface area contributed by atoms with Crippen LogP contribution in [0.2, 0.25) is 5.02 Å². The number of ether oxygens (including phenoxy) is 1. The lowest BCUT2D eigenvalue weighted by Gasteiger charge is -2.32. The van der Waals surface area contributed by atoms with Crippen molar-refractivity contribution in [3.05, 3.63) is 59.4 Å². The molecule has 2 heterocycles. The molecule has 24 heavy (non-hydrogen) atoms. The van der Waals surface area contributed by atoms with Crippen LogP contribution >= 0.6 is 11.6 Å². The average molecular weight is 346 g/mol. The van der Waals surface area contributed by atoms with Gasteiger partial charge in [0.1, 0.15) is 0 Å². The van der Waals surface area contributed by atoms with Crippen molar-refractivity contribution in [3.8, 4) is 0 Å². The fourth-order valence-electron chi connectivity index (χ4n) is 2.73. The van der Waals surface area contributed by atoms with Crippen LogP contribution < -0.4 is 5.32 Å². The van der Waals surface area contributed by atoms with Crippen molar-refractivity contribution >= 4 is 23.3 Å². The van der Waals surface area contributed by atoms with Crippen molar-refractivity contribution in [1.82, 2.24) is 9.88 Å². The van der Waals surface area contributed by atoms with E-state index in [1.807, 2.05) is 24.3 Å². The van der Waals surface area contributed by atoms with E-state index >= 15 is 0 Å². The summed E-state index contributed by atoms with van der Waals surface area (Å²) in [6.07, 6.45) is 5.48. The number of amides is 2. The number of benzene rings is 1. The molecule has 1 aliphatic rings. The van der Waals surface area contributed by atoms with Gasteiger partial charge in [0.2, 0.25) is 0 Å². The predicted octanol–water partition coefficient (Wildman–Crippen LogP) is 3.95. The van der Waals surface area contributed by atoms with E-state index in [2.05, 4.69) is 10.3 Å². The Bertz CT molecular complexity index is 681. The molecule has 0 radical (unpaired) electrons. The SMILES string of the molecule is O=C(Nc1cccc(Cl)c1)N1CCCC(OCc2cccnc2)C1. The summed E-state index contributed by atoms with van der Waals surface area (Å²) >= 11 is 5.95. The number of aromatic nitrogens is 1. The van der Waals surface area contributed by atoms with Gasteiger partial charge in [-0.2, -0.15) is 0 Å². The molecule has 5 nitrogen and oxygen atoms in total. The molecule has 0 aliphatic carbocycles. The van der Waals surface area contributed by atoms with Crippen molar-refractivity contribution in [3.63, 3.8) is 0 Å². The monoisotopic (exact) mass is 345 g/mol. The summed E-state index contributed by atoms with van der Waals surface area (Å²) in [5.41, 5.74) is 1.74. The minimum Gasteiger partial charge on any atom is -0.372 e. The topological polar surface area (TPSA) is 54.5 Å². The number of halogens is 1. The van der Waals surface area contributed by atoms with Gasteiger partial charge < -0.3 is 15.0 Å². The minimum absolute atomic E-state index is 0.0454. The van der Waals surface area contributed by atoms with Gasteiger partial charge in [-0.3, -0.25) is 4.98 Å². The van der Waals surface area contributed by atoms with E-state index < -0.39 is 0 Å². The van der Waals surface area contributed by atoms with Crippen molar-refractivity contribution < 1.29 is 9.53 Å². The second-order valence-electron chi connectivity index (χ2n) is 5.82. The van der Waals surface area contributed by atoms with Gasteiger partial charge in [-0.15, -0.1) is 0 Å². The van der Waals surface area contributed by atoms with Crippen LogP contribution in [0.4, 0.5) is 10.5 Å². The highest BCUT2D eigenvalue weighted by Crippen LogP contribution is 2.18. The number of carbonyl (C=O) groups excluding carboxylic acids is 1. The Hall–Kier alpha value is -2.11. The summed E-state index contributed by atoms with van der Waals surface area (Å²) in [6, 6.07) is 10.9. The Morgan fingerprint density at radius 3 is 3.08 bits per heavy atom. The first-order valence-electron chi connectivity index (χ1n) is 8.03. The molecule has 126 valence electrons. The number of nitrogens with one attached hydrogen (secondary N) is 1. The van der Waals surface area contributed by atoms with Gasteiger partial charge in [0.25, 0.3) is 0 Å². The molecule has 1 fully saturated rings. The third-order valence-electron chi connectivity index (χ3n) is 3.95. The standard InChI is InChI=1S/C18H20ClN3O2/c19-15-5-1-6-16(10-15)21-18(23)22-9-3-7-17(12-22)24-13-14-4-2-8-20-11-14/h1-2,4-6,8,10-11,17H,3,7,9,12-13H2,(H,21,23). The second-order valence-corrected chi connectivity index (χ2v) is 6.26. The number of anilines is 1. The highest BCUT2D eigenvalue weighted by atomic mass is 35.5. The lowest BCUT2D eigenvalue weighted by atomic mass is 10.1. The molecule has 2 aromatic rings. The molecule has 1 N–H and O–H groups in total. The summed E-state index contributed by atoms with van der Waals surface area (Å²) in [6.45, 7) is 1.84. The molecule has 3 rings (SSSR count). The fourth-order valence-corrected chi connectivity index (χ4v) is 2.92. The second kappa shape index (κ2) is 8.13. The predicted molar refractivity (Wildman–Crippen MR) is 94.1 cm³/mol. The van der Waals surface area contributed by atoms with Gasteiger partial charge >= 0.3 is 6.03 Å². The van der Waals surface area contributed by atoms with Crippen LogP contribution in [0.15, 0.2) is 48.8 Å². The van der Waals surface area contributed by atoms with Crippen LogP contribution in [0.25, 0.3) is 0 Å². The molecule has 0 bridgehead atoms. The van der Waals surface area contributed by atoms with E-state index in [0.29, 0.717) is 23.9 Å². The molecular formula is C18H20ClN3O2. The van der Waals surface area contributed by atoms with Crippen molar-refractivity contribution in [1.29, 1.82) is 0 Å².